The van der Waals surface area contributed by atoms with Crippen LogP contribution in [0.4, 0.5) is 5.82 Å². The predicted molar refractivity (Wildman–Crippen MR) is 141 cm³/mol. The fourth-order valence-electron chi connectivity index (χ4n) is 4.27. The van der Waals surface area contributed by atoms with Crippen molar-refractivity contribution in [3.8, 4) is 5.75 Å². The van der Waals surface area contributed by atoms with Gasteiger partial charge in [-0.1, -0.05) is 36.4 Å². The number of carbonyl (C=O) groups is 1. The fourth-order valence-corrected chi connectivity index (χ4v) is 4.27. The van der Waals surface area contributed by atoms with E-state index >= 15 is 0 Å². The number of aromatic nitrogens is 6. The summed E-state index contributed by atoms with van der Waals surface area (Å²) < 4.78 is 14.5. The fraction of sp³-hybridized carbons (Fsp3) is 0.222. The molecule has 0 unspecified atom stereocenters. The van der Waals surface area contributed by atoms with Crippen LogP contribution in [0.25, 0.3) is 10.8 Å². The van der Waals surface area contributed by atoms with E-state index in [1.807, 2.05) is 47.3 Å². The normalized spacial score (nSPS) is 11.1. The van der Waals surface area contributed by atoms with Crippen LogP contribution < -0.4 is 15.8 Å². The van der Waals surface area contributed by atoms with E-state index in [1.54, 1.807) is 31.3 Å². The molecule has 0 aliphatic carbocycles. The van der Waals surface area contributed by atoms with Crippen molar-refractivity contribution in [3.05, 3.63) is 95.5 Å². The highest BCUT2D eigenvalue weighted by Crippen LogP contribution is 2.31. The van der Waals surface area contributed by atoms with Crippen LogP contribution in [-0.2, 0) is 31.0 Å². The van der Waals surface area contributed by atoms with E-state index in [0.717, 1.165) is 27.5 Å². The maximum Gasteiger partial charge on any atom is 0.291 e. The number of nitrogens with two attached hydrogens (primary N) is 1. The van der Waals surface area contributed by atoms with Gasteiger partial charge in [0.05, 0.1) is 20.2 Å². The minimum Gasteiger partial charge on any atom is -0.496 e. The van der Waals surface area contributed by atoms with Gasteiger partial charge in [-0.15, -0.1) is 5.10 Å². The molecule has 1 amide bonds. The summed E-state index contributed by atoms with van der Waals surface area (Å²) in [4.78, 5) is 21.5. The number of fused-ring (bicyclic) bond motifs is 1. The second-order valence-corrected chi connectivity index (χ2v) is 8.69. The van der Waals surface area contributed by atoms with Crippen LogP contribution in [0.3, 0.4) is 0 Å². The summed E-state index contributed by atoms with van der Waals surface area (Å²) in [5, 5.41) is 13.2. The number of nitrogens with zero attached hydrogens (tertiary/aromatic N) is 6. The molecule has 0 aliphatic heterocycles. The maximum atomic E-state index is 13.0. The summed E-state index contributed by atoms with van der Waals surface area (Å²) in [7, 11) is 3.16. The lowest BCUT2D eigenvalue weighted by atomic mass is 10.1. The first kappa shape index (κ1) is 24.9. The van der Waals surface area contributed by atoms with Crippen molar-refractivity contribution in [2.75, 3.05) is 20.0 Å². The zero-order valence-electron chi connectivity index (χ0n) is 21.2. The molecule has 0 aliphatic rings. The van der Waals surface area contributed by atoms with E-state index in [1.165, 1.54) is 0 Å². The topological polar surface area (TPSA) is 135 Å². The second kappa shape index (κ2) is 11.1. The standard InChI is InChI=1S/C27H28N8O3/c1-37-17-23-32-26(33-35(23)16-19-6-4-18(5-7-19)15-34-13-3-11-31-34)27(36)30-14-20-8-9-22-21(24(20)38-2)10-12-29-25(22)28/h3-13H,14-17H2,1-2H3,(H2,28,29)(H,30,36). The molecule has 3 heterocycles. The van der Waals surface area contributed by atoms with Crippen LogP contribution in [0.1, 0.15) is 33.1 Å². The molecule has 11 nitrogen and oxygen atoms in total. The van der Waals surface area contributed by atoms with Crippen LogP contribution in [-0.4, -0.2) is 49.7 Å². The van der Waals surface area contributed by atoms with Gasteiger partial charge in [0, 0.05) is 48.6 Å². The summed E-state index contributed by atoms with van der Waals surface area (Å²) >= 11 is 0. The summed E-state index contributed by atoms with van der Waals surface area (Å²) in [6.45, 7) is 1.61. The van der Waals surface area contributed by atoms with Crippen molar-refractivity contribution in [1.82, 2.24) is 34.8 Å². The first-order valence-electron chi connectivity index (χ1n) is 12.0. The molecule has 2 aromatic carbocycles. The predicted octanol–water partition coefficient (Wildman–Crippen LogP) is 2.79. The molecule has 0 fully saturated rings. The molecule has 3 N–H and O–H groups in total. The number of hydrogen-bond donors (Lipinski definition) is 2. The number of rotatable bonds is 10. The quantitative estimate of drug-likeness (QED) is 0.292. The SMILES string of the molecule is COCc1nc(C(=O)NCc2ccc3c(N)nccc3c2OC)nn1Cc1ccc(Cn2cccn2)cc1. The molecule has 0 atom stereocenters. The number of hydrogen-bond acceptors (Lipinski definition) is 8. The first-order chi connectivity index (χ1) is 18.6. The number of pyridine rings is 1. The Hall–Kier alpha value is -4.77. The lowest BCUT2D eigenvalue weighted by Gasteiger charge is -2.13. The Bertz CT molecular complexity index is 1550. The average Bonchev–Trinajstić information content (AvgIpc) is 3.58. The van der Waals surface area contributed by atoms with Crippen molar-refractivity contribution >= 4 is 22.5 Å². The number of carbonyl (C=O) groups excluding carboxylic acids is 1. The summed E-state index contributed by atoms with van der Waals surface area (Å²) in [6, 6.07) is 15.6. The Balaban J connectivity index is 1.29. The number of nitrogen functional groups attached to an aromatic ring is 1. The Morgan fingerprint density at radius 2 is 1.79 bits per heavy atom. The van der Waals surface area contributed by atoms with E-state index < -0.39 is 5.91 Å². The largest absolute Gasteiger partial charge is 0.496 e. The van der Waals surface area contributed by atoms with Crippen molar-refractivity contribution in [1.29, 1.82) is 0 Å². The molecule has 5 rings (SSSR count). The Labute approximate surface area is 219 Å². The molecule has 0 saturated heterocycles. The summed E-state index contributed by atoms with van der Waals surface area (Å²) in [5.41, 5.74) is 8.95. The number of methoxy groups -OCH3 is 2. The Morgan fingerprint density at radius 3 is 2.50 bits per heavy atom. The number of ether oxygens (including phenoxy) is 2. The molecule has 0 spiro atoms. The zero-order valence-corrected chi connectivity index (χ0v) is 21.2. The van der Waals surface area contributed by atoms with E-state index in [-0.39, 0.29) is 19.0 Å². The van der Waals surface area contributed by atoms with Crippen molar-refractivity contribution in [2.45, 2.75) is 26.2 Å². The number of anilines is 1. The minimum atomic E-state index is -0.396. The van der Waals surface area contributed by atoms with E-state index in [9.17, 15) is 4.79 Å². The molecule has 0 radical (unpaired) electrons. The first-order valence-corrected chi connectivity index (χ1v) is 12.0. The van der Waals surface area contributed by atoms with Gasteiger partial charge in [-0.2, -0.15) is 5.10 Å². The van der Waals surface area contributed by atoms with E-state index in [4.69, 9.17) is 15.2 Å². The van der Waals surface area contributed by atoms with Gasteiger partial charge in [-0.25, -0.2) is 14.6 Å². The molecule has 194 valence electrons. The molecule has 5 aromatic rings. The van der Waals surface area contributed by atoms with Crippen LogP contribution in [0.2, 0.25) is 0 Å². The Kier molecular flexibility index (Phi) is 7.27. The summed E-state index contributed by atoms with van der Waals surface area (Å²) in [6.07, 6.45) is 5.32. The number of benzene rings is 2. The third kappa shape index (κ3) is 5.32. The molecule has 38 heavy (non-hydrogen) atoms. The second-order valence-electron chi connectivity index (χ2n) is 8.69. The molecule has 11 heteroatoms. The van der Waals surface area contributed by atoms with E-state index in [0.29, 0.717) is 30.5 Å². The van der Waals surface area contributed by atoms with Crippen molar-refractivity contribution in [2.24, 2.45) is 0 Å². The van der Waals surface area contributed by atoms with Gasteiger partial charge in [0.15, 0.2) is 5.82 Å². The van der Waals surface area contributed by atoms with Gasteiger partial charge in [-0.3, -0.25) is 9.48 Å². The van der Waals surface area contributed by atoms with Gasteiger partial charge in [0.2, 0.25) is 5.82 Å². The number of nitrogens with one attached hydrogen (secondary N) is 1. The third-order valence-electron chi connectivity index (χ3n) is 6.14. The highest BCUT2D eigenvalue weighted by Gasteiger charge is 2.18. The molecule has 0 bridgehead atoms. The van der Waals surface area contributed by atoms with E-state index in [2.05, 4.69) is 37.6 Å². The van der Waals surface area contributed by atoms with Crippen LogP contribution in [0.5, 0.6) is 5.75 Å². The van der Waals surface area contributed by atoms with Crippen LogP contribution >= 0.6 is 0 Å². The monoisotopic (exact) mass is 512 g/mol. The van der Waals surface area contributed by atoms with Crippen LogP contribution in [0, 0.1) is 0 Å². The van der Waals surface area contributed by atoms with Gasteiger partial charge in [0.1, 0.15) is 18.2 Å². The van der Waals surface area contributed by atoms with Crippen LogP contribution in [0.15, 0.2) is 67.1 Å². The maximum absolute atomic E-state index is 13.0. The van der Waals surface area contributed by atoms with Crippen molar-refractivity contribution in [3.63, 3.8) is 0 Å². The highest BCUT2D eigenvalue weighted by molar-refractivity contribution is 5.96. The molecular weight excluding hydrogens is 484 g/mol. The van der Waals surface area contributed by atoms with Gasteiger partial charge in [0.25, 0.3) is 5.91 Å². The van der Waals surface area contributed by atoms with Crippen molar-refractivity contribution < 1.29 is 14.3 Å². The minimum absolute atomic E-state index is 0.0700. The smallest absolute Gasteiger partial charge is 0.291 e. The lowest BCUT2D eigenvalue weighted by Crippen LogP contribution is -2.24. The number of amides is 1. The highest BCUT2D eigenvalue weighted by atomic mass is 16.5. The molecule has 3 aromatic heterocycles. The molecular formula is C27H28N8O3. The van der Waals surface area contributed by atoms with Gasteiger partial charge in [-0.05, 0) is 23.3 Å². The van der Waals surface area contributed by atoms with Gasteiger partial charge >= 0.3 is 0 Å². The zero-order chi connectivity index (χ0) is 26.5. The molecule has 0 saturated carbocycles. The van der Waals surface area contributed by atoms with Gasteiger partial charge < -0.3 is 20.5 Å². The average molecular weight is 513 g/mol. The Morgan fingerprint density at radius 1 is 1.00 bits per heavy atom. The lowest BCUT2D eigenvalue weighted by molar-refractivity contribution is 0.0940. The third-order valence-corrected chi connectivity index (χ3v) is 6.14. The summed E-state index contributed by atoms with van der Waals surface area (Å²) in [5.74, 6) is 1.29.